The highest BCUT2D eigenvalue weighted by molar-refractivity contribution is 5.36. The first kappa shape index (κ1) is 12.9. The maximum absolute atomic E-state index is 5.40. The maximum atomic E-state index is 5.40. The van der Waals surface area contributed by atoms with Crippen molar-refractivity contribution in [3.8, 4) is 0 Å². The van der Waals surface area contributed by atoms with Crippen molar-refractivity contribution in [2.45, 2.75) is 39.7 Å². The van der Waals surface area contributed by atoms with Crippen molar-refractivity contribution < 1.29 is 4.74 Å². The van der Waals surface area contributed by atoms with Gasteiger partial charge < -0.3 is 10.1 Å². The van der Waals surface area contributed by atoms with Gasteiger partial charge in [0, 0.05) is 25.4 Å². The summed E-state index contributed by atoms with van der Waals surface area (Å²) in [6.45, 7) is 8.93. The number of nitrogens with zero attached hydrogens (tertiary/aromatic N) is 2. The van der Waals surface area contributed by atoms with E-state index in [1.807, 2.05) is 19.9 Å². The highest BCUT2D eigenvalue weighted by atomic mass is 16.5. The van der Waals surface area contributed by atoms with E-state index in [0.717, 1.165) is 30.3 Å². The van der Waals surface area contributed by atoms with Crippen molar-refractivity contribution in [2.24, 2.45) is 0 Å². The SMILES string of the molecule is CCNc1cc(CC)nc(C(C)(C)OC)n1. The second-order valence-electron chi connectivity index (χ2n) is 4.17. The van der Waals surface area contributed by atoms with E-state index in [-0.39, 0.29) is 0 Å². The van der Waals surface area contributed by atoms with Gasteiger partial charge in [-0.1, -0.05) is 6.92 Å². The summed E-state index contributed by atoms with van der Waals surface area (Å²) in [5.74, 6) is 1.60. The average Bonchev–Trinajstić information content (AvgIpc) is 2.29. The molecule has 0 saturated carbocycles. The predicted molar refractivity (Wildman–Crippen MR) is 65.6 cm³/mol. The molecule has 0 aliphatic heterocycles. The van der Waals surface area contributed by atoms with Gasteiger partial charge in [0.15, 0.2) is 5.82 Å². The molecule has 1 rings (SSSR count). The van der Waals surface area contributed by atoms with Gasteiger partial charge in [0.05, 0.1) is 0 Å². The third kappa shape index (κ3) is 2.92. The van der Waals surface area contributed by atoms with Gasteiger partial charge in [-0.2, -0.15) is 0 Å². The fraction of sp³-hybridized carbons (Fsp3) is 0.667. The summed E-state index contributed by atoms with van der Waals surface area (Å²) >= 11 is 0. The van der Waals surface area contributed by atoms with Crippen LogP contribution in [0.15, 0.2) is 6.07 Å². The smallest absolute Gasteiger partial charge is 0.162 e. The Morgan fingerprint density at radius 2 is 2.00 bits per heavy atom. The summed E-state index contributed by atoms with van der Waals surface area (Å²) in [6.07, 6.45) is 0.897. The van der Waals surface area contributed by atoms with Gasteiger partial charge in [-0.3, -0.25) is 0 Å². The van der Waals surface area contributed by atoms with Crippen LogP contribution in [0.5, 0.6) is 0 Å². The van der Waals surface area contributed by atoms with Crippen LogP contribution in [0.4, 0.5) is 5.82 Å². The number of aryl methyl sites for hydroxylation is 1. The highest BCUT2D eigenvalue weighted by Crippen LogP contribution is 2.22. The van der Waals surface area contributed by atoms with Crippen LogP contribution in [-0.4, -0.2) is 23.6 Å². The fourth-order valence-electron chi connectivity index (χ4n) is 1.31. The lowest BCUT2D eigenvalue weighted by atomic mass is 10.1. The molecule has 0 spiro atoms. The number of rotatable bonds is 5. The summed E-state index contributed by atoms with van der Waals surface area (Å²) in [7, 11) is 1.68. The van der Waals surface area contributed by atoms with Crippen molar-refractivity contribution in [1.29, 1.82) is 0 Å². The molecule has 0 bridgehead atoms. The van der Waals surface area contributed by atoms with E-state index < -0.39 is 5.60 Å². The first-order valence-corrected chi connectivity index (χ1v) is 5.71. The van der Waals surface area contributed by atoms with E-state index in [0.29, 0.717) is 0 Å². The quantitative estimate of drug-likeness (QED) is 0.832. The van der Waals surface area contributed by atoms with E-state index in [1.54, 1.807) is 7.11 Å². The molecular weight excluding hydrogens is 202 g/mol. The third-order valence-electron chi connectivity index (χ3n) is 2.55. The predicted octanol–water partition coefficient (Wildman–Crippen LogP) is 2.35. The molecule has 0 aliphatic carbocycles. The first-order valence-electron chi connectivity index (χ1n) is 5.71. The van der Waals surface area contributed by atoms with Crippen molar-refractivity contribution >= 4 is 5.82 Å². The van der Waals surface area contributed by atoms with E-state index in [4.69, 9.17) is 4.74 Å². The molecule has 0 atom stereocenters. The zero-order chi connectivity index (χ0) is 12.2. The van der Waals surface area contributed by atoms with Crippen molar-refractivity contribution in [2.75, 3.05) is 19.0 Å². The minimum absolute atomic E-state index is 0.449. The summed E-state index contributed by atoms with van der Waals surface area (Å²) in [6, 6.07) is 1.98. The van der Waals surface area contributed by atoms with E-state index in [1.165, 1.54) is 0 Å². The minimum atomic E-state index is -0.449. The molecule has 1 heterocycles. The Kier molecular flexibility index (Phi) is 4.24. The van der Waals surface area contributed by atoms with Crippen LogP contribution >= 0.6 is 0 Å². The molecule has 90 valence electrons. The average molecular weight is 223 g/mol. The van der Waals surface area contributed by atoms with E-state index >= 15 is 0 Å². The monoisotopic (exact) mass is 223 g/mol. The third-order valence-corrected chi connectivity index (χ3v) is 2.55. The summed E-state index contributed by atoms with van der Waals surface area (Å²) in [5, 5.41) is 3.21. The maximum Gasteiger partial charge on any atom is 0.162 e. The lowest BCUT2D eigenvalue weighted by Gasteiger charge is -2.22. The zero-order valence-corrected chi connectivity index (χ0v) is 10.8. The Hall–Kier alpha value is -1.16. The number of anilines is 1. The van der Waals surface area contributed by atoms with Crippen LogP contribution < -0.4 is 5.32 Å². The fourth-order valence-corrected chi connectivity index (χ4v) is 1.31. The molecular formula is C12H21N3O. The van der Waals surface area contributed by atoms with E-state index in [9.17, 15) is 0 Å². The largest absolute Gasteiger partial charge is 0.371 e. The molecule has 1 aromatic rings. The second kappa shape index (κ2) is 5.25. The second-order valence-corrected chi connectivity index (χ2v) is 4.17. The van der Waals surface area contributed by atoms with Crippen LogP contribution in [0.2, 0.25) is 0 Å². The number of hydrogen-bond donors (Lipinski definition) is 1. The Morgan fingerprint density at radius 1 is 1.31 bits per heavy atom. The highest BCUT2D eigenvalue weighted by Gasteiger charge is 2.24. The molecule has 0 saturated heterocycles. The van der Waals surface area contributed by atoms with Crippen LogP contribution in [0.3, 0.4) is 0 Å². The van der Waals surface area contributed by atoms with Crippen molar-refractivity contribution in [1.82, 2.24) is 9.97 Å². The molecule has 0 aromatic carbocycles. The van der Waals surface area contributed by atoms with E-state index in [2.05, 4.69) is 29.1 Å². The Bertz CT molecular complexity index is 350. The van der Waals surface area contributed by atoms with Crippen LogP contribution in [0.25, 0.3) is 0 Å². The lowest BCUT2D eigenvalue weighted by Crippen LogP contribution is -2.24. The molecule has 0 unspecified atom stereocenters. The first-order chi connectivity index (χ1) is 7.53. The number of ether oxygens (including phenoxy) is 1. The number of aromatic nitrogens is 2. The molecule has 0 amide bonds. The molecule has 1 N–H and O–H groups in total. The van der Waals surface area contributed by atoms with Gasteiger partial charge in [-0.15, -0.1) is 0 Å². The summed E-state index contributed by atoms with van der Waals surface area (Å²) < 4.78 is 5.40. The number of hydrogen-bond acceptors (Lipinski definition) is 4. The molecule has 4 nitrogen and oxygen atoms in total. The molecule has 0 aliphatic rings. The minimum Gasteiger partial charge on any atom is -0.371 e. The standard InChI is InChI=1S/C12H21N3O/c1-6-9-8-10(13-7-2)15-11(14-9)12(3,4)16-5/h8H,6-7H2,1-5H3,(H,13,14,15). The molecule has 0 radical (unpaired) electrons. The van der Waals surface area contributed by atoms with Crippen molar-refractivity contribution in [3.05, 3.63) is 17.6 Å². The molecule has 4 heteroatoms. The van der Waals surface area contributed by atoms with Crippen LogP contribution in [0, 0.1) is 0 Å². The van der Waals surface area contributed by atoms with Gasteiger partial charge in [-0.25, -0.2) is 9.97 Å². The lowest BCUT2D eigenvalue weighted by molar-refractivity contribution is 0.0114. The molecule has 0 fully saturated rings. The topological polar surface area (TPSA) is 47.0 Å². The van der Waals surface area contributed by atoms with Gasteiger partial charge in [-0.05, 0) is 27.2 Å². The number of methoxy groups -OCH3 is 1. The van der Waals surface area contributed by atoms with Gasteiger partial charge in [0.25, 0.3) is 0 Å². The van der Waals surface area contributed by atoms with Gasteiger partial charge in [0.1, 0.15) is 11.4 Å². The Labute approximate surface area is 97.5 Å². The normalized spacial score (nSPS) is 11.6. The Morgan fingerprint density at radius 3 is 2.50 bits per heavy atom. The van der Waals surface area contributed by atoms with Gasteiger partial charge >= 0.3 is 0 Å². The van der Waals surface area contributed by atoms with Crippen molar-refractivity contribution in [3.63, 3.8) is 0 Å². The van der Waals surface area contributed by atoms with Crippen LogP contribution in [-0.2, 0) is 16.8 Å². The molecule has 1 aromatic heterocycles. The number of nitrogens with one attached hydrogen (secondary N) is 1. The Balaban J connectivity index is 3.13. The molecule has 16 heavy (non-hydrogen) atoms. The summed E-state index contributed by atoms with van der Waals surface area (Å²) in [5.41, 5.74) is 0.584. The zero-order valence-electron chi connectivity index (χ0n) is 10.8. The van der Waals surface area contributed by atoms with Crippen LogP contribution in [0.1, 0.15) is 39.2 Å². The van der Waals surface area contributed by atoms with Gasteiger partial charge in [0.2, 0.25) is 0 Å². The summed E-state index contributed by atoms with van der Waals surface area (Å²) in [4.78, 5) is 8.97.